The molecule has 2 N–H and O–H groups in total. The zero-order chi connectivity index (χ0) is 11.0. The molecule has 1 unspecified atom stereocenters. The summed E-state index contributed by atoms with van der Waals surface area (Å²) in [4.78, 5) is 4.21. The second-order valence-corrected chi connectivity index (χ2v) is 3.71. The van der Waals surface area contributed by atoms with Crippen LogP contribution in [-0.4, -0.2) is 21.4 Å². The Morgan fingerprint density at radius 3 is 2.94 bits per heavy atom. The quantitative estimate of drug-likeness (QED) is 0.771. The number of anilines is 1. The molecule has 0 saturated heterocycles. The summed E-state index contributed by atoms with van der Waals surface area (Å²) in [6.45, 7) is 1.35. The topological polar surface area (TPSA) is 66.0 Å². The van der Waals surface area contributed by atoms with Crippen LogP contribution < -0.4 is 5.73 Å². The predicted molar refractivity (Wildman–Crippen MR) is 58.7 cm³/mol. The number of benzene rings is 1. The third-order valence-corrected chi connectivity index (χ3v) is 2.64. The second kappa shape index (κ2) is 3.61. The van der Waals surface area contributed by atoms with Crippen molar-refractivity contribution in [2.45, 2.75) is 12.6 Å². The number of fused-ring (bicyclic) bond motifs is 1. The average Bonchev–Trinajstić information content (AvgIpc) is 2.70. The van der Waals surface area contributed by atoms with E-state index in [1.807, 2.05) is 35.0 Å². The third-order valence-electron chi connectivity index (χ3n) is 2.64. The number of rotatable bonds is 1. The van der Waals surface area contributed by atoms with Crippen LogP contribution >= 0.6 is 0 Å². The lowest BCUT2D eigenvalue weighted by Crippen LogP contribution is -2.23. The summed E-state index contributed by atoms with van der Waals surface area (Å²) in [6, 6.07) is 9.98. The Morgan fingerprint density at radius 2 is 2.12 bits per heavy atom. The van der Waals surface area contributed by atoms with E-state index in [0.29, 0.717) is 19.1 Å². The second-order valence-electron chi connectivity index (χ2n) is 3.71. The van der Waals surface area contributed by atoms with Crippen molar-refractivity contribution in [1.82, 2.24) is 14.8 Å². The Morgan fingerprint density at radius 1 is 1.31 bits per heavy atom. The van der Waals surface area contributed by atoms with Crippen molar-refractivity contribution in [2.24, 2.45) is 0 Å². The van der Waals surface area contributed by atoms with E-state index in [0.717, 1.165) is 11.4 Å². The van der Waals surface area contributed by atoms with Crippen molar-refractivity contribution in [2.75, 3.05) is 12.3 Å². The Hall–Kier alpha value is -1.88. The van der Waals surface area contributed by atoms with Crippen LogP contribution in [0.15, 0.2) is 30.3 Å². The van der Waals surface area contributed by atoms with Gasteiger partial charge in [0.1, 0.15) is 6.10 Å². The standard InChI is InChI=1S/C11H12N4O/c12-11-13-10-9(8-4-2-1-3-5-8)16-7-6-15(10)14-11/h1-5,9H,6-7H2,(H2,12,14). The molecule has 0 saturated carbocycles. The molecular weight excluding hydrogens is 204 g/mol. The van der Waals surface area contributed by atoms with Gasteiger partial charge in [-0.2, -0.15) is 4.98 Å². The minimum atomic E-state index is -0.153. The molecule has 0 spiro atoms. The van der Waals surface area contributed by atoms with Gasteiger partial charge in [-0.1, -0.05) is 30.3 Å². The van der Waals surface area contributed by atoms with Gasteiger partial charge in [-0.15, -0.1) is 5.10 Å². The molecule has 1 aliphatic heterocycles. The highest BCUT2D eigenvalue weighted by molar-refractivity contribution is 5.26. The fraction of sp³-hybridized carbons (Fsp3) is 0.273. The molecule has 5 nitrogen and oxygen atoms in total. The van der Waals surface area contributed by atoms with E-state index in [9.17, 15) is 0 Å². The molecule has 0 radical (unpaired) electrons. The van der Waals surface area contributed by atoms with E-state index >= 15 is 0 Å². The summed E-state index contributed by atoms with van der Waals surface area (Å²) < 4.78 is 7.54. The molecular formula is C11H12N4O. The van der Waals surface area contributed by atoms with Crippen molar-refractivity contribution in [3.8, 4) is 0 Å². The van der Waals surface area contributed by atoms with E-state index in [2.05, 4.69) is 10.1 Å². The maximum Gasteiger partial charge on any atom is 0.239 e. The fourth-order valence-electron chi connectivity index (χ4n) is 1.94. The summed E-state index contributed by atoms with van der Waals surface area (Å²) in [7, 11) is 0. The Kier molecular flexibility index (Phi) is 2.11. The SMILES string of the molecule is Nc1nc2n(n1)CCOC2c1ccccc1. The van der Waals surface area contributed by atoms with Crippen molar-refractivity contribution in [1.29, 1.82) is 0 Å². The van der Waals surface area contributed by atoms with Gasteiger partial charge in [0.15, 0.2) is 5.82 Å². The first-order chi connectivity index (χ1) is 7.84. The molecule has 2 heterocycles. The minimum absolute atomic E-state index is 0.153. The van der Waals surface area contributed by atoms with Crippen molar-refractivity contribution < 1.29 is 4.74 Å². The van der Waals surface area contributed by atoms with Gasteiger partial charge in [0.05, 0.1) is 13.2 Å². The molecule has 1 atom stereocenters. The van der Waals surface area contributed by atoms with Crippen LogP contribution in [0.2, 0.25) is 0 Å². The molecule has 1 aromatic heterocycles. The lowest BCUT2D eigenvalue weighted by Gasteiger charge is -2.22. The van der Waals surface area contributed by atoms with Crippen LogP contribution in [0, 0.1) is 0 Å². The minimum Gasteiger partial charge on any atom is -0.366 e. The average molecular weight is 216 g/mol. The van der Waals surface area contributed by atoms with Gasteiger partial charge in [0.2, 0.25) is 5.95 Å². The van der Waals surface area contributed by atoms with E-state index in [4.69, 9.17) is 10.5 Å². The van der Waals surface area contributed by atoms with E-state index in [-0.39, 0.29) is 6.10 Å². The highest BCUT2D eigenvalue weighted by Crippen LogP contribution is 2.27. The van der Waals surface area contributed by atoms with Crippen molar-refractivity contribution in [3.63, 3.8) is 0 Å². The summed E-state index contributed by atoms with van der Waals surface area (Å²) >= 11 is 0. The van der Waals surface area contributed by atoms with E-state index in [1.54, 1.807) is 0 Å². The zero-order valence-electron chi connectivity index (χ0n) is 8.71. The molecule has 1 aliphatic rings. The van der Waals surface area contributed by atoms with Gasteiger partial charge in [0, 0.05) is 0 Å². The number of hydrogen-bond acceptors (Lipinski definition) is 4. The third kappa shape index (κ3) is 1.45. The van der Waals surface area contributed by atoms with Crippen LogP contribution in [-0.2, 0) is 11.3 Å². The van der Waals surface area contributed by atoms with Crippen LogP contribution in [0.3, 0.4) is 0 Å². The van der Waals surface area contributed by atoms with E-state index < -0.39 is 0 Å². The Bertz CT molecular complexity index is 494. The van der Waals surface area contributed by atoms with E-state index in [1.165, 1.54) is 0 Å². The number of nitrogens with two attached hydrogens (primary N) is 1. The van der Waals surface area contributed by atoms with Crippen LogP contribution in [0.4, 0.5) is 5.95 Å². The molecule has 0 amide bonds. The number of hydrogen-bond donors (Lipinski definition) is 1. The maximum absolute atomic E-state index is 5.72. The summed E-state index contributed by atoms with van der Waals surface area (Å²) in [5.74, 6) is 1.09. The van der Waals surface area contributed by atoms with Crippen LogP contribution in [0.1, 0.15) is 17.5 Å². The summed E-state index contributed by atoms with van der Waals surface area (Å²) in [6.07, 6.45) is -0.153. The van der Waals surface area contributed by atoms with Crippen LogP contribution in [0.25, 0.3) is 0 Å². The molecule has 82 valence electrons. The molecule has 0 bridgehead atoms. The Labute approximate surface area is 92.9 Å². The number of aromatic nitrogens is 3. The van der Waals surface area contributed by atoms with Crippen molar-refractivity contribution >= 4 is 5.95 Å². The summed E-state index contributed by atoms with van der Waals surface area (Å²) in [5.41, 5.74) is 6.68. The number of nitrogen functional groups attached to an aromatic ring is 1. The molecule has 16 heavy (non-hydrogen) atoms. The normalized spacial score (nSPS) is 19.4. The molecule has 3 rings (SSSR count). The first-order valence-electron chi connectivity index (χ1n) is 5.21. The van der Waals surface area contributed by atoms with Gasteiger partial charge in [-0.25, -0.2) is 4.68 Å². The maximum atomic E-state index is 5.72. The zero-order valence-corrected chi connectivity index (χ0v) is 8.71. The highest BCUT2D eigenvalue weighted by atomic mass is 16.5. The highest BCUT2D eigenvalue weighted by Gasteiger charge is 2.25. The molecule has 0 fully saturated rings. The van der Waals surface area contributed by atoms with Gasteiger partial charge < -0.3 is 10.5 Å². The smallest absolute Gasteiger partial charge is 0.239 e. The first-order valence-corrected chi connectivity index (χ1v) is 5.21. The Balaban J connectivity index is 2.05. The molecule has 1 aromatic carbocycles. The largest absolute Gasteiger partial charge is 0.366 e. The molecule has 0 aliphatic carbocycles. The summed E-state index contributed by atoms with van der Waals surface area (Å²) in [5, 5.41) is 4.13. The number of nitrogens with zero attached hydrogens (tertiary/aromatic N) is 3. The molecule has 2 aromatic rings. The van der Waals surface area contributed by atoms with Gasteiger partial charge in [-0.05, 0) is 5.56 Å². The van der Waals surface area contributed by atoms with Gasteiger partial charge in [0.25, 0.3) is 0 Å². The van der Waals surface area contributed by atoms with Crippen molar-refractivity contribution in [3.05, 3.63) is 41.7 Å². The van der Waals surface area contributed by atoms with Gasteiger partial charge in [-0.3, -0.25) is 0 Å². The lowest BCUT2D eigenvalue weighted by atomic mass is 10.1. The van der Waals surface area contributed by atoms with Gasteiger partial charge >= 0.3 is 0 Å². The molecule has 5 heteroatoms. The van der Waals surface area contributed by atoms with Crippen LogP contribution in [0.5, 0.6) is 0 Å². The predicted octanol–water partition coefficient (Wildman–Crippen LogP) is 0.980. The first kappa shape index (κ1) is 9.35. The number of ether oxygens (including phenoxy) is 1. The fourth-order valence-corrected chi connectivity index (χ4v) is 1.94. The lowest BCUT2D eigenvalue weighted by molar-refractivity contribution is 0.0390. The monoisotopic (exact) mass is 216 g/mol.